The van der Waals surface area contributed by atoms with Gasteiger partial charge in [0.25, 0.3) is 0 Å². The van der Waals surface area contributed by atoms with Gasteiger partial charge in [0.2, 0.25) is 0 Å². The van der Waals surface area contributed by atoms with Crippen LogP contribution in [0.1, 0.15) is 32.2 Å². The van der Waals surface area contributed by atoms with Crippen molar-refractivity contribution >= 4 is 0 Å². The van der Waals surface area contributed by atoms with Gasteiger partial charge in [0.05, 0.1) is 12.0 Å². The van der Waals surface area contributed by atoms with Crippen LogP contribution in [0.4, 0.5) is 0 Å². The molecule has 0 fully saturated rings. The third kappa shape index (κ3) is 2.35. The van der Waals surface area contributed by atoms with E-state index in [0.717, 1.165) is 12.2 Å². The Balaban J connectivity index is 2.75. The van der Waals surface area contributed by atoms with Gasteiger partial charge < -0.3 is 10.3 Å². The van der Waals surface area contributed by atoms with E-state index in [2.05, 4.69) is 37.2 Å². The molecule has 14 heavy (non-hydrogen) atoms. The largest absolute Gasteiger partial charge is 0.333 e. The number of nitrogens with two attached hydrogens (primary N) is 1. The van der Waals surface area contributed by atoms with Crippen molar-refractivity contribution in [2.75, 3.05) is 0 Å². The van der Waals surface area contributed by atoms with Crippen LogP contribution < -0.4 is 5.73 Å². The summed E-state index contributed by atoms with van der Waals surface area (Å²) in [6, 6.07) is 0.162. The molecule has 1 unspecified atom stereocenters. The van der Waals surface area contributed by atoms with Gasteiger partial charge in [-0.3, -0.25) is 0 Å². The summed E-state index contributed by atoms with van der Waals surface area (Å²) >= 11 is 0. The minimum atomic E-state index is 0.143. The Hall–Kier alpha value is -0.830. The highest BCUT2D eigenvalue weighted by molar-refractivity contribution is 5.08. The van der Waals surface area contributed by atoms with Crippen molar-refractivity contribution in [2.24, 2.45) is 11.1 Å². The average molecular weight is 195 g/mol. The van der Waals surface area contributed by atoms with Crippen LogP contribution in [0.15, 0.2) is 6.33 Å². The highest BCUT2D eigenvalue weighted by Crippen LogP contribution is 2.19. The van der Waals surface area contributed by atoms with Crippen LogP contribution in [0.2, 0.25) is 0 Å². The summed E-state index contributed by atoms with van der Waals surface area (Å²) in [7, 11) is 0. The maximum absolute atomic E-state index is 6.11. The minimum absolute atomic E-state index is 0.143. The predicted octanol–water partition coefficient (Wildman–Crippen LogP) is 1.87. The molecule has 0 aromatic carbocycles. The van der Waals surface area contributed by atoms with Crippen molar-refractivity contribution in [2.45, 2.75) is 47.2 Å². The van der Waals surface area contributed by atoms with E-state index in [1.165, 1.54) is 5.69 Å². The zero-order chi connectivity index (χ0) is 10.9. The number of hydrogen-bond donors (Lipinski definition) is 1. The third-order valence-corrected chi connectivity index (χ3v) is 2.85. The molecule has 1 rings (SSSR count). The lowest BCUT2D eigenvalue weighted by molar-refractivity contribution is 0.290. The second-order valence-electron chi connectivity index (χ2n) is 5.04. The van der Waals surface area contributed by atoms with Gasteiger partial charge in [-0.15, -0.1) is 0 Å². The van der Waals surface area contributed by atoms with E-state index in [4.69, 9.17) is 5.73 Å². The summed E-state index contributed by atoms with van der Waals surface area (Å²) in [4.78, 5) is 4.26. The summed E-state index contributed by atoms with van der Waals surface area (Å²) in [5.74, 6) is 0. The summed E-state index contributed by atoms with van der Waals surface area (Å²) < 4.78 is 2.13. The molecular formula is C11H21N3. The number of aryl methyl sites for hydroxylation is 1. The van der Waals surface area contributed by atoms with E-state index in [1.54, 1.807) is 0 Å². The second-order valence-corrected chi connectivity index (χ2v) is 5.04. The number of nitrogens with zero attached hydrogens (tertiary/aromatic N) is 2. The van der Waals surface area contributed by atoms with Crippen molar-refractivity contribution in [1.29, 1.82) is 0 Å². The molecule has 0 radical (unpaired) electrons. The molecule has 1 aromatic rings. The first-order chi connectivity index (χ1) is 6.32. The van der Waals surface area contributed by atoms with Crippen molar-refractivity contribution in [3.05, 3.63) is 17.7 Å². The van der Waals surface area contributed by atoms with Crippen molar-refractivity contribution in [1.82, 2.24) is 9.55 Å². The molecule has 0 bridgehead atoms. The second kappa shape index (κ2) is 3.73. The maximum atomic E-state index is 6.11. The fourth-order valence-electron chi connectivity index (χ4n) is 1.21. The van der Waals surface area contributed by atoms with Crippen LogP contribution in [-0.2, 0) is 6.54 Å². The molecule has 0 saturated heterocycles. The van der Waals surface area contributed by atoms with E-state index in [1.807, 2.05) is 13.3 Å². The van der Waals surface area contributed by atoms with Crippen molar-refractivity contribution in [3.63, 3.8) is 0 Å². The molecule has 0 aliphatic rings. The van der Waals surface area contributed by atoms with Gasteiger partial charge in [0, 0.05) is 18.3 Å². The molecule has 0 amide bonds. The van der Waals surface area contributed by atoms with Gasteiger partial charge in [-0.25, -0.2) is 4.98 Å². The third-order valence-electron chi connectivity index (χ3n) is 2.85. The van der Waals surface area contributed by atoms with Crippen LogP contribution in [0.25, 0.3) is 0 Å². The zero-order valence-corrected chi connectivity index (χ0v) is 9.83. The van der Waals surface area contributed by atoms with E-state index >= 15 is 0 Å². The van der Waals surface area contributed by atoms with Gasteiger partial charge in [-0.1, -0.05) is 20.8 Å². The summed E-state index contributed by atoms with van der Waals surface area (Å²) in [5, 5.41) is 0. The molecule has 2 N–H and O–H groups in total. The lowest BCUT2D eigenvalue weighted by Gasteiger charge is -2.27. The number of rotatable bonds is 2. The van der Waals surface area contributed by atoms with Gasteiger partial charge in [-0.2, -0.15) is 0 Å². The molecule has 0 aliphatic heterocycles. The van der Waals surface area contributed by atoms with Crippen molar-refractivity contribution < 1.29 is 0 Å². The molecule has 1 atom stereocenters. The molecule has 3 nitrogen and oxygen atoms in total. The van der Waals surface area contributed by atoms with Gasteiger partial charge in [0.1, 0.15) is 0 Å². The fourth-order valence-corrected chi connectivity index (χ4v) is 1.21. The van der Waals surface area contributed by atoms with Gasteiger partial charge >= 0.3 is 0 Å². The van der Waals surface area contributed by atoms with Crippen molar-refractivity contribution in [3.8, 4) is 0 Å². The Morgan fingerprint density at radius 3 is 2.36 bits per heavy atom. The van der Waals surface area contributed by atoms with E-state index in [0.29, 0.717) is 0 Å². The highest BCUT2D eigenvalue weighted by atomic mass is 15.1. The Bertz CT molecular complexity index is 307. The van der Waals surface area contributed by atoms with Gasteiger partial charge in [-0.05, 0) is 19.3 Å². The lowest BCUT2D eigenvalue weighted by atomic mass is 9.87. The smallest absolute Gasteiger partial charge is 0.0951 e. The van der Waals surface area contributed by atoms with E-state index < -0.39 is 0 Å². The summed E-state index contributed by atoms with van der Waals surface area (Å²) in [5.41, 5.74) is 8.56. The summed E-state index contributed by atoms with van der Waals surface area (Å²) in [6.45, 7) is 11.4. The SMILES string of the molecule is Cc1ncn(CC(N)C(C)(C)C)c1C. The summed E-state index contributed by atoms with van der Waals surface area (Å²) in [6.07, 6.45) is 1.87. The monoisotopic (exact) mass is 195 g/mol. The van der Waals surface area contributed by atoms with Gasteiger partial charge in [0.15, 0.2) is 0 Å². The zero-order valence-electron chi connectivity index (χ0n) is 9.83. The predicted molar refractivity (Wildman–Crippen MR) is 59.1 cm³/mol. The molecule has 3 heteroatoms. The first kappa shape index (κ1) is 11.2. The molecule has 0 spiro atoms. The number of aromatic nitrogens is 2. The quantitative estimate of drug-likeness (QED) is 0.783. The standard InChI is InChI=1S/C11H21N3/c1-8-9(2)14(7-13-8)6-10(12)11(3,4)5/h7,10H,6,12H2,1-5H3. The molecule has 80 valence electrons. The Morgan fingerprint density at radius 2 is 2.00 bits per heavy atom. The average Bonchev–Trinajstić information content (AvgIpc) is 2.34. The first-order valence-corrected chi connectivity index (χ1v) is 5.06. The minimum Gasteiger partial charge on any atom is -0.333 e. The van der Waals surface area contributed by atoms with E-state index in [-0.39, 0.29) is 11.5 Å². The van der Waals surface area contributed by atoms with Crippen LogP contribution >= 0.6 is 0 Å². The van der Waals surface area contributed by atoms with Crippen LogP contribution in [0.3, 0.4) is 0 Å². The Labute approximate surface area is 86.3 Å². The molecule has 1 heterocycles. The maximum Gasteiger partial charge on any atom is 0.0951 e. The first-order valence-electron chi connectivity index (χ1n) is 5.06. The molecule has 1 aromatic heterocycles. The number of hydrogen-bond acceptors (Lipinski definition) is 2. The fraction of sp³-hybridized carbons (Fsp3) is 0.727. The van der Waals surface area contributed by atoms with Crippen LogP contribution in [0, 0.1) is 19.3 Å². The normalized spacial score (nSPS) is 14.4. The number of imidazole rings is 1. The van der Waals surface area contributed by atoms with E-state index in [9.17, 15) is 0 Å². The topological polar surface area (TPSA) is 43.8 Å². The molecule has 0 aliphatic carbocycles. The molecular weight excluding hydrogens is 174 g/mol. The Kier molecular flexibility index (Phi) is 3.00. The highest BCUT2D eigenvalue weighted by Gasteiger charge is 2.21. The van der Waals surface area contributed by atoms with Crippen LogP contribution in [0.5, 0.6) is 0 Å². The van der Waals surface area contributed by atoms with Crippen LogP contribution in [-0.4, -0.2) is 15.6 Å². The Morgan fingerprint density at radius 1 is 1.43 bits per heavy atom. The lowest BCUT2D eigenvalue weighted by Crippen LogP contribution is -2.38. The molecule has 0 saturated carbocycles.